The van der Waals surface area contributed by atoms with Crippen LogP contribution in [-0.2, 0) is 6.40 Å². The summed E-state index contributed by atoms with van der Waals surface area (Å²) in [4.78, 5) is 20.6. The summed E-state index contributed by atoms with van der Waals surface area (Å²) in [7, 11) is 0. The minimum absolute atomic E-state index is 0.0582. The third-order valence-electron chi connectivity index (χ3n) is 3.72. The number of aromatic nitrogens is 2. The maximum atomic E-state index is 16.5. The molecular weight excluding hydrogens is 372 g/mol. The van der Waals surface area contributed by atoms with Gasteiger partial charge in [-0.1, -0.05) is 11.6 Å². The third-order valence-corrected chi connectivity index (χ3v) is 4.01. The number of likely N-dealkylation sites (tertiary alicyclic amines) is 1. The fourth-order valence-corrected chi connectivity index (χ4v) is 2.42. The molecule has 0 N–H and O–H groups in total. The van der Waals surface area contributed by atoms with Gasteiger partial charge in [-0.05, 0) is 56.3 Å². The maximum absolute atomic E-state index is 16.5. The lowest BCUT2D eigenvalue weighted by Gasteiger charge is -2.36. The Morgan fingerprint density at radius 3 is 2.67 bits per heavy atom. The van der Waals surface area contributed by atoms with Crippen LogP contribution in [0.1, 0.15) is 59.7 Å². The van der Waals surface area contributed by atoms with Gasteiger partial charge in [0.25, 0.3) is 5.91 Å². The second kappa shape index (κ2) is 8.30. The molecule has 1 atom stereocenters. The largest absolute Gasteiger partial charge is 0.338 e. The molecule has 2 heterocycles. The van der Waals surface area contributed by atoms with Gasteiger partial charge < -0.3 is 4.90 Å². The zero-order valence-electron chi connectivity index (χ0n) is 23.3. The van der Waals surface area contributed by atoms with Crippen LogP contribution in [0.5, 0.6) is 0 Å². The van der Waals surface area contributed by atoms with Crippen molar-refractivity contribution >= 4 is 17.5 Å². The number of hydrogen-bond donors (Lipinski definition) is 0. The van der Waals surface area contributed by atoms with E-state index in [1.807, 2.05) is 0 Å². The van der Waals surface area contributed by atoms with Crippen molar-refractivity contribution in [1.29, 1.82) is 0 Å². The number of amides is 1. The zero-order valence-corrected chi connectivity index (χ0v) is 15.0. The highest BCUT2D eigenvalue weighted by Gasteiger charge is 2.35. The molecule has 0 radical (unpaired) electrons. The van der Waals surface area contributed by atoms with Crippen LogP contribution in [-0.4, -0.2) is 39.4 Å². The molecule has 0 spiro atoms. The van der Waals surface area contributed by atoms with Crippen molar-refractivity contribution in [1.82, 2.24) is 14.9 Å². The van der Waals surface area contributed by atoms with Crippen molar-refractivity contribution in [3.8, 4) is 0 Å². The summed E-state index contributed by atoms with van der Waals surface area (Å²) in [6.45, 7) is -5.76. The van der Waals surface area contributed by atoms with Gasteiger partial charge in [0.1, 0.15) is 17.3 Å². The first-order chi connectivity index (χ1) is 16.3. The van der Waals surface area contributed by atoms with Crippen molar-refractivity contribution in [3.63, 3.8) is 0 Å². The van der Waals surface area contributed by atoms with Gasteiger partial charge >= 0.3 is 0 Å². The molecule has 144 valence electrons. The average molecular weight is 403 g/mol. The number of nitrogens with zero attached hydrogens (tertiary/aromatic N) is 3. The molecule has 1 saturated heterocycles. The second-order valence-electron chi connectivity index (χ2n) is 5.91. The Hall–Kier alpha value is -2.08. The predicted octanol–water partition coefficient (Wildman–Crippen LogP) is 4.54. The maximum Gasteiger partial charge on any atom is 0.253 e. The van der Waals surface area contributed by atoms with Gasteiger partial charge in [0, 0.05) is 49.7 Å². The number of rotatable bonds is 5. The van der Waals surface area contributed by atoms with Gasteiger partial charge in [-0.2, -0.15) is 0 Å². The molecule has 2 aromatic rings. The Kier molecular flexibility index (Phi) is 3.40. The fraction of sp³-hybridized carbons (Fsp3) is 0.450. The molecule has 1 unspecified atom stereocenters. The molecule has 0 bridgehead atoms. The van der Waals surface area contributed by atoms with Crippen molar-refractivity contribution in [2.75, 3.05) is 13.0 Å². The number of aryl methyl sites for hydroxylation is 2. The highest BCUT2D eigenvalue weighted by atomic mass is 35.5. The molecule has 1 amide bonds. The van der Waals surface area contributed by atoms with E-state index in [1.165, 1.54) is 12.4 Å². The van der Waals surface area contributed by atoms with E-state index < -0.39 is 73.0 Å². The second-order valence-corrected chi connectivity index (χ2v) is 6.31. The molecule has 1 fully saturated rings. The molecule has 1 aromatic heterocycles. The van der Waals surface area contributed by atoms with Gasteiger partial charge in [0.2, 0.25) is 0 Å². The van der Waals surface area contributed by atoms with E-state index in [0.717, 1.165) is 18.2 Å². The van der Waals surface area contributed by atoms with E-state index in [1.54, 1.807) is 6.92 Å². The van der Waals surface area contributed by atoms with Crippen molar-refractivity contribution < 1.29 is 25.9 Å². The van der Waals surface area contributed by atoms with Crippen LogP contribution in [0.3, 0.4) is 0 Å². The van der Waals surface area contributed by atoms with Gasteiger partial charge in [-0.3, -0.25) is 4.79 Å². The van der Waals surface area contributed by atoms with Crippen LogP contribution in [0.2, 0.25) is 5.02 Å². The minimum atomic E-state index is -3.84. The first-order valence-electron chi connectivity index (χ1n) is 12.6. The number of piperidine rings is 1. The van der Waals surface area contributed by atoms with Gasteiger partial charge in [0.15, 0.2) is 0 Å². The van der Waals surface area contributed by atoms with E-state index >= 15 is 4.39 Å². The van der Waals surface area contributed by atoms with Gasteiger partial charge in [-0.15, -0.1) is 0 Å². The Morgan fingerprint density at radius 2 is 2.04 bits per heavy atom. The molecule has 0 saturated carbocycles. The number of carbonyl (C=O) groups excluding carboxylic acids is 1. The SMILES string of the molecule is [2H]C(CCC1(F)C([2H])([2H])C([2H])([2H])N(C(=O)c2ccc(F)c(Cl)c2)C([2H])([2H])C1([2H])[2H])c1ncc(C)cn1. The summed E-state index contributed by atoms with van der Waals surface area (Å²) in [6.07, 6.45) is -7.85. The monoisotopic (exact) mass is 402 g/mol. The summed E-state index contributed by atoms with van der Waals surface area (Å²) in [5.41, 5.74) is -3.72. The Balaban J connectivity index is 2.05. The summed E-state index contributed by atoms with van der Waals surface area (Å²) in [5, 5.41) is -0.565. The van der Waals surface area contributed by atoms with Crippen LogP contribution < -0.4 is 0 Å². The first kappa shape index (κ1) is 11.1. The van der Waals surface area contributed by atoms with Crippen LogP contribution >= 0.6 is 11.6 Å². The lowest BCUT2D eigenvalue weighted by atomic mass is 9.88. The van der Waals surface area contributed by atoms with E-state index in [4.69, 9.17) is 23.9 Å². The van der Waals surface area contributed by atoms with E-state index in [0.29, 0.717) is 5.56 Å². The third kappa shape index (κ3) is 5.01. The average Bonchev–Trinajstić information content (AvgIpc) is 2.78. The van der Waals surface area contributed by atoms with Crippen LogP contribution in [0.15, 0.2) is 30.6 Å². The van der Waals surface area contributed by atoms with Gasteiger partial charge in [0.05, 0.1) is 5.02 Å². The molecule has 1 aliphatic heterocycles. The lowest BCUT2D eigenvalue weighted by molar-refractivity contribution is 0.0389. The number of carbonyl (C=O) groups is 1. The normalized spacial score (nSPS) is 29.9. The Morgan fingerprint density at radius 1 is 1.37 bits per heavy atom. The topological polar surface area (TPSA) is 46.1 Å². The highest BCUT2D eigenvalue weighted by Crippen LogP contribution is 2.32. The molecule has 27 heavy (non-hydrogen) atoms. The van der Waals surface area contributed by atoms with Gasteiger partial charge in [-0.25, -0.2) is 18.7 Å². The standard InChI is InChI=1S/C20H22ClF2N3O/c1-14-12-24-18(25-13-14)3-2-6-20(23)7-9-26(10-8-20)19(27)15-4-5-17(22)16(21)11-15/h4-5,11-13H,2-3,6-10H2,1H3/i3D,7D2,8D2,9D2,10D2. The van der Waals surface area contributed by atoms with Crippen molar-refractivity contribution in [3.05, 3.63) is 58.4 Å². The number of hydrogen-bond acceptors (Lipinski definition) is 3. The molecule has 3 rings (SSSR count). The number of alkyl halides is 1. The molecule has 0 aliphatic carbocycles. The van der Waals surface area contributed by atoms with E-state index in [2.05, 4.69) is 9.97 Å². The Labute approximate surface area is 175 Å². The first-order valence-corrected chi connectivity index (χ1v) is 8.40. The predicted molar refractivity (Wildman–Crippen MR) is 100 cm³/mol. The molecule has 1 aliphatic rings. The summed E-state index contributed by atoms with van der Waals surface area (Å²) in [5.74, 6) is -2.56. The highest BCUT2D eigenvalue weighted by molar-refractivity contribution is 6.31. The number of benzene rings is 1. The summed E-state index contributed by atoms with van der Waals surface area (Å²) in [6, 6.07) is 2.33. The molecule has 4 nitrogen and oxygen atoms in total. The van der Waals surface area contributed by atoms with Crippen molar-refractivity contribution in [2.45, 2.75) is 44.6 Å². The smallest absolute Gasteiger partial charge is 0.253 e. The minimum Gasteiger partial charge on any atom is -0.338 e. The zero-order chi connectivity index (χ0) is 27.5. The van der Waals surface area contributed by atoms with Crippen LogP contribution in [0.25, 0.3) is 0 Å². The van der Waals surface area contributed by atoms with E-state index in [9.17, 15) is 9.18 Å². The van der Waals surface area contributed by atoms with Crippen LogP contribution in [0.4, 0.5) is 8.78 Å². The Bertz CT molecular complexity index is 1140. The summed E-state index contributed by atoms with van der Waals surface area (Å²) >= 11 is 5.66. The number of halogens is 3. The fourth-order valence-electron chi connectivity index (χ4n) is 2.24. The van der Waals surface area contributed by atoms with Crippen LogP contribution in [0, 0.1) is 12.7 Å². The molecule has 7 heteroatoms. The summed E-state index contributed by atoms with van der Waals surface area (Å²) < 4.78 is 105. The van der Waals surface area contributed by atoms with E-state index in [-0.39, 0.29) is 10.7 Å². The molecular formula is C20H22ClF2N3O. The quantitative estimate of drug-likeness (QED) is 0.737. The molecule has 1 aromatic carbocycles. The van der Waals surface area contributed by atoms with Crippen molar-refractivity contribution in [2.24, 2.45) is 0 Å². The lowest BCUT2D eigenvalue weighted by Crippen LogP contribution is -2.44.